The molecule has 0 spiro atoms. The van der Waals surface area contributed by atoms with Crippen LogP contribution in [0.4, 0.5) is 8.78 Å². The fraction of sp³-hybridized carbons (Fsp3) is 0.0714. The van der Waals surface area contributed by atoms with Crippen molar-refractivity contribution in [3.63, 3.8) is 0 Å². The van der Waals surface area contributed by atoms with Crippen molar-refractivity contribution in [1.29, 1.82) is 0 Å². The Morgan fingerprint density at radius 3 is 2.54 bits per heavy atom. The lowest BCUT2D eigenvalue weighted by atomic mass is 10.00. The van der Waals surface area contributed by atoms with E-state index >= 15 is 0 Å². The van der Waals surface area contributed by atoms with Crippen molar-refractivity contribution in [3.8, 4) is 28.4 Å². The highest BCUT2D eigenvalue weighted by Crippen LogP contribution is 2.31. The van der Waals surface area contributed by atoms with Crippen molar-refractivity contribution in [3.05, 3.63) is 112 Å². The van der Waals surface area contributed by atoms with E-state index in [0.29, 0.717) is 33.7 Å². The molecule has 0 atom stereocenters. The van der Waals surface area contributed by atoms with Gasteiger partial charge in [0.15, 0.2) is 28.5 Å². The van der Waals surface area contributed by atoms with Crippen LogP contribution in [0.25, 0.3) is 22.2 Å². The molecule has 0 bridgehead atoms. The second-order valence-corrected chi connectivity index (χ2v) is 8.14. The Bertz CT molecular complexity index is 1680. The fourth-order valence-electron chi connectivity index (χ4n) is 3.85. The number of benzene rings is 2. The number of hydrogen-bond donors (Lipinski definition) is 1. The molecule has 5 rings (SSSR count). The van der Waals surface area contributed by atoms with Crippen LogP contribution in [-0.4, -0.2) is 27.8 Å². The van der Waals surface area contributed by atoms with Gasteiger partial charge in [-0.05, 0) is 35.4 Å². The standard InChI is InChI=1S/C28H19F2N3O4/c1-36-19-12-23-27(33-13-19)26(8-9-32-23)37-25-7-2-16(10-22(25)30)11-24(34)21-15-31-14-20(28(21)35)17-3-5-18(29)6-4-17/h2-10,12-15H,11H2,1H3,(H,31,35). The van der Waals surface area contributed by atoms with Gasteiger partial charge in [-0.15, -0.1) is 0 Å². The van der Waals surface area contributed by atoms with Crippen molar-refractivity contribution in [2.45, 2.75) is 6.42 Å². The second-order valence-electron chi connectivity index (χ2n) is 8.14. The van der Waals surface area contributed by atoms with Crippen LogP contribution in [-0.2, 0) is 6.42 Å². The maximum Gasteiger partial charge on any atom is 0.200 e. The summed E-state index contributed by atoms with van der Waals surface area (Å²) < 4.78 is 39.1. The van der Waals surface area contributed by atoms with Gasteiger partial charge in [-0.2, -0.15) is 0 Å². The highest BCUT2D eigenvalue weighted by Gasteiger charge is 2.17. The van der Waals surface area contributed by atoms with Gasteiger partial charge in [0.05, 0.1) is 24.4 Å². The Balaban J connectivity index is 1.36. The van der Waals surface area contributed by atoms with Crippen molar-refractivity contribution >= 4 is 16.8 Å². The Morgan fingerprint density at radius 2 is 1.78 bits per heavy atom. The van der Waals surface area contributed by atoms with E-state index in [9.17, 15) is 18.4 Å². The molecule has 0 unspecified atom stereocenters. The van der Waals surface area contributed by atoms with Gasteiger partial charge in [-0.1, -0.05) is 18.2 Å². The van der Waals surface area contributed by atoms with E-state index < -0.39 is 22.8 Å². The lowest BCUT2D eigenvalue weighted by molar-refractivity contribution is 0.0991. The van der Waals surface area contributed by atoms with E-state index in [-0.39, 0.29) is 23.3 Å². The topological polar surface area (TPSA) is 94.2 Å². The third-order valence-corrected chi connectivity index (χ3v) is 5.73. The zero-order chi connectivity index (χ0) is 25.9. The molecule has 184 valence electrons. The fourth-order valence-corrected chi connectivity index (χ4v) is 3.85. The lowest BCUT2D eigenvalue weighted by Crippen LogP contribution is -2.18. The third-order valence-electron chi connectivity index (χ3n) is 5.73. The van der Waals surface area contributed by atoms with Gasteiger partial charge in [0.1, 0.15) is 17.1 Å². The summed E-state index contributed by atoms with van der Waals surface area (Å²) in [5.41, 5.74) is 1.45. The molecular weight excluding hydrogens is 480 g/mol. The van der Waals surface area contributed by atoms with Crippen molar-refractivity contribution in [2.24, 2.45) is 0 Å². The van der Waals surface area contributed by atoms with E-state index in [2.05, 4.69) is 15.0 Å². The quantitative estimate of drug-likeness (QED) is 0.298. The Labute approximate surface area is 209 Å². The summed E-state index contributed by atoms with van der Waals surface area (Å²) >= 11 is 0. The normalized spacial score (nSPS) is 10.9. The largest absolute Gasteiger partial charge is 0.495 e. The van der Waals surface area contributed by atoms with E-state index in [1.165, 1.54) is 68.3 Å². The van der Waals surface area contributed by atoms with Crippen LogP contribution in [0.15, 0.2) is 84.2 Å². The smallest absolute Gasteiger partial charge is 0.200 e. The number of carbonyl (C=O) groups is 1. The number of halogens is 2. The minimum Gasteiger partial charge on any atom is -0.495 e. The minimum atomic E-state index is -0.683. The van der Waals surface area contributed by atoms with Crippen molar-refractivity contribution in [1.82, 2.24) is 15.0 Å². The van der Waals surface area contributed by atoms with Gasteiger partial charge in [0.2, 0.25) is 0 Å². The molecule has 2 aromatic carbocycles. The average Bonchev–Trinajstić information content (AvgIpc) is 2.90. The van der Waals surface area contributed by atoms with Crippen LogP contribution in [0, 0.1) is 11.6 Å². The number of methoxy groups -OCH3 is 1. The van der Waals surface area contributed by atoms with E-state index in [0.717, 1.165) is 0 Å². The number of carbonyl (C=O) groups excluding carboxylic acids is 1. The van der Waals surface area contributed by atoms with Crippen LogP contribution in [0.3, 0.4) is 0 Å². The Morgan fingerprint density at radius 1 is 0.973 bits per heavy atom. The van der Waals surface area contributed by atoms with E-state index in [1.807, 2.05) is 0 Å². The molecule has 0 fully saturated rings. The summed E-state index contributed by atoms with van der Waals surface area (Å²) in [5, 5.41) is 0. The van der Waals surface area contributed by atoms with Gasteiger partial charge in [0.25, 0.3) is 0 Å². The molecular formula is C28H19F2N3O4. The Hall–Kier alpha value is -4.92. The van der Waals surface area contributed by atoms with Crippen LogP contribution >= 0.6 is 0 Å². The molecule has 7 nitrogen and oxygen atoms in total. The first-order chi connectivity index (χ1) is 17.9. The van der Waals surface area contributed by atoms with Crippen LogP contribution in [0.1, 0.15) is 15.9 Å². The highest BCUT2D eigenvalue weighted by atomic mass is 19.1. The van der Waals surface area contributed by atoms with Crippen molar-refractivity contribution in [2.75, 3.05) is 7.11 Å². The summed E-state index contributed by atoms with van der Waals surface area (Å²) in [5.74, 6) is -0.832. The number of aromatic amines is 1. The van der Waals surface area contributed by atoms with Gasteiger partial charge >= 0.3 is 0 Å². The summed E-state index contributed by atoms with van der Waals surface area (Å²) in [6.07, 6.45) is 5.58. The third kappa shape index (κ3) is 4.92. The second kappa shape index (κ2) is 9.98. The molecule has 37 heavy (non-hydrogen) atoms. The number of fused-ring (bicyclic) bond motifs is 1. The minimum absolute atomic E-state index is 0.0579. The number of hydrogen-bond acceptors (Lipinski definition) is 6. The Kier molecular flexibility index (Phi) is 6.42. The summed E-state index contributed by atoms with van der Waals surface area (Å²) in [4.78, 5) is 37.1. The van der Waals surface area contributed by atoms with Gasteiger partial charge in [-0.25, -0.2) is 13.8 Å². The number of nitrogens with one attached hydrogen (secondary N) is 1. The van der Waals surface area contributed by atoms with Crippen molar-refractivity contribution < 1.29 is 23.0 Å². The number of H-pyrrole nitrogens is 1. The molecule has 0 amide bonds. The molecule has 5 aromatic rings. The maximum atomic E-state index is 14.9. The zero-order valence-electron chi connectivity index (χ0n) is 19.5. The number of ketones is 1. The number of nitrogens with zero attached hydrogens (tertiary/aromatic N) is 2. The molecule has 3 aromatic heterocycles. The summed E-state index contributed by atoms with van der Waals surface area (Å²) in [7, 11) is 1.52. The molecule has 0 saturated heterocycles. The van der Waals surface area contributed by atoms with Crippen LogP contribution in [0.5, 0.6) is 17.2 Å². The van der Waals surface area contributed by atoms with Gasteiger partial charge in [0, 0.05) is 42.7 Å². The summed E-state index contributed by atoms with van der Waals surface area (Å²) in [6.45, 7) is 0. The number of ether oxygens (including phenoxy) is 2. The first kappa shape index (κ1) is 23.8. The molecule has 0 radical (unpaired) electrons. The zero-order valence-corrected chi connectivity index (χ0v) is 19.5. The molecule has 9 heteroatoms. The average molecular weight is 499 g/mol. The predicted octanol–water partition coefficient (Wildman–Crippen LogP) is 5.49. The number of rotatable bonds is 7. The maximum absolute atomic E-state index is 14.9. The van der Waals surface area contributed by atoms with Gasteiger partial charge < -0.3 is 14.5 Å². The monoisotopic (exact) mass is 499 g/mol. The summed E-state index contributed by atoms with van der Waals surface area (Å²) in [6, 6.07) is 12.8. The molecule has 3 heterocycles. The van der Waals surface area contributed by atoms with E-state index in [4.69, 9.17) is 9.47 Å². The number of Topliss-reactive ketones (excluding diaryl/α,β-unsaturated/α-hetero) is 1. The van der Waals surface area contributed by atoms with E-state index in [1.54, 1.807) is 18.2 Å². The number of pyridine rings is 3. The highest BCUT2D eigenvalue weighted by molar-refractivity contribution is 5.98. The molecule has 0 aliphatic rings. The first-order valence-electron chi connectivity index (χ1n) is 11.2. The SMILES string of the molecule is COc1cnc2c(Oc3ccc(CC(=O)c4c[nH]cc(-c5ccc(F)cc5)c4=O)cc3F)ccnc2c1. The lowest BCUT2D eigenvalue weighted by Gasteiger charge is -2.10. The van der Waals surface area contributed by atoms with Crippen LogP contribution < -0.4 is 14.9 Å². The first-order valence-corrected chi connectivity index (χ1v) is 11.2. The number of aromatic nitrogens is 3. The molecule has 0 aliphatic carbocycles. The predicted molar refractivity (Wildman–Crippen MR) is 133 cm³/mol. The van der Waals surface area contributed by atoms with Gasteiger partial charge in [-0.3, -0.25) is 14.6 Å². The molecule has 1 N–H and O–H groups in total. The molecule has 0 aliphatic heterocycles. The molecule has 0 saturated carbocycles. The van der Waals surface area contributed by atoms with Crippen LogP contribution in [0.2, 0.25) is 0 Å².